The molecule has 1 fully saturated rings. The molecule has 0 saturated heterocycles. The summed E-state index contributed by atoms with van der Waals surface area (Å²) in [6.45, 7) is 7.92. The summed E-state index contributed by atoms with van der Waals surface area (Å²) in [5.41, 5.74) is 1.23. The van der Waals surface area contributed by atoms with Crippen LogP contribution in [-0.4, -0.2) is 13.6 Å². The second-order valence-electron chi connectivity index (χ2n) is 7.32. The van der Waals surface area contributed by atoms with Gasteiger partial charge in [-0.15, -0.1) is 0 Å². The Kier molecular flexibility index (Phi) is 4.85. The van der Waals surface area contributed by atoms with Gasteiger partial charge in [-0.3, -0.25) is 0 Å². The van der Waals surface area contributed by atoms with E-state index in [2.05, 4.69) is 26.1 Å². The van der Waals surface area contributed by atoms with Crippen LogP contribution in [-0.2, 0) is 0 Å². The van der Waals surface area contributed by atoms with Crippen molar-refractivity contribution in [2.75, 3.05) is 13.6 Å². The van der Waals surface area contributed by atoms with Crippen LogP contribution in [0.3, 0.4) is 0 Å². The molecule has 1 saturated carbocycles. The van der Waals surface area contributed by atoms with E-state index >= 15 is 0 Å². The van der Waals surface area contributed by atoms with E-state index in [1.165, 1.54) is 12.8 Å². The molecule has 2 heteroatoms. The van der Waals surface area contributed by atoms with Crippen LogP contribution in [0.1, 0.15) is 51.5 Å². The van der Waals surface area contributed by atoms with E-state index < -0.39 is 0 Å². The third-order valence-electron chi connectivity index (χ3n) is 4.99. The number of nitrogens with one attached hydrogen (secondary N) is 1. The molecular weight excluding hydrogens is 249 g/mol. The fourth-order valence-corrected chi connectivity index (χ4v) is 3.68. The van der Waals surface area contributed by atoms with Gasteiger partial charge in [0, 0.05) is 0 Å². The third-order valence-corrected chi connectivity index (χ3v) is 4.99. The molecule has 0 spiro atoms. The summed E-state index contributed by atoms with van der Waals surface area (Å²) in [6, 6.07) is 7.34. The Morgan fingerprint density at radius 2 is 1.90 bits per heavy atom. The quantitative estimate of drug-likeness (QED) is 0.852. The van der Waals surface area contributed by atoms with Gasteiger partial charge in [-0.2, -0.15) is 0 Å². The first-order chi connectivity index (χ1) is 9.43. The second kappa shape index (κ2) is 6.26. The average molecular weight is 277 g/mol. The summed E-state index contributed by atoms with van der Waals surface area (Å²) >= 11 is 0. The summed E-state index contributed by atoms with van der Waals surface area (Å²) in [5.74, 6) is 1.55. The molecule has 3 unspecified atom stereocenters. The van der Waals surface area contributed by atoms with Crippen LogP contribution < -0.4 is 5.32 Å². The molecule has 1 aromatic rings. The lowest BCUT2D eigenvalue weighted by molar-refractivity contribution is 0.129. The van der Waals surface area contributed by atoms with Crippen LogP contribution in [0.2, 0.25) is 0 Å². The Morgan fingerprint density at radius 1 is 1.20 bits per heavy atom. The van der Waals surface area contributed by atoms with Crippen LogP contribution in [0.5, 0.6) is 0 Å². The fourth-order valence-electron chi connectivity index (χ4n) is 3.68. The van der Waals surface area contributed by atoms with Gasteiger partial charge in [0.1, 0.15) is 5.82 Å². The van der Waals surface area contributed by atoms with Gasteiger partial charge in [0.05, 0.1) is 0 Å². The minimum atomic E-state index is -0.0341. The minimum Gasteiger partial charge on any atom is -0.319 e. The van der Waals surface area contributed by atoms with Crippen molar-refractivity contribution in [2.24, 2.45) is 17.3 Å². The molecule has 1 aromatic carbocycles. The normalized spacial score (nSPS) is 27.6. The second-order valence-corrected chi connectivity index (χ2v) is 7.32. The maximum Gasteiger partial charge on any atom is 0.126 e. The highest BCUT2D eigenvalue weighted by Crippen LogP contribution is 2.47. The van der Waals surface area contributed by atoms with E-state index in [0.717, 1.165) is 18.5 Å². The Balaban J connectivity index is 2.26. The van der Waals surface area contributed by atoms with Gasteiger partial charge in [0.2, 0.25) is 0 Å². The van der Waals surface area contributed by atoms with Crippen molar-refractivity contribution in [1.29, 1.82) is 0 Å². The summed E-state index contributed by atoms with van der Waals surface area (Å²) in [4.78, 5) is 0. The summed E-state index contributed by atoms with van der Waals surface area (Å²) in [5, 5.41) is 3.29. The minimum absolute atomic E-state index is 0.0341. The van der Waals surface area contributed by atoms with E-state index in [9.17, 15) is 4.39 Å². The van der Waals surface area contributed by atoms with Crippen LogP contribution in [0.15, 0.2) is 24.3 Å². The number of hydrogen-bond donors (Lipinski definition) is 1. The molecule has 0 aliphatic heterocycles. The topological polar surface area (TPSA) is 12.0 Å². The Bertz CT molecular complexity index is 435. The van der Waals surface area contributed by atoms with Crippen molar-refractivity contribution < 1.29 is 4.39 Å². The van der Waals surface area contributed by atoms with Crippen LogP contribution in [0.4, 0.5) is 4.39 Å². The van der Waals surface area contributed by atoms with Gasteiger partial charge in [0.15, 0.2) is 0 Å². The average Bonchev–Trinajstić information content (AvgIpc) is 2.39. The molecule has 1 N–H and O–H groups in total. The first kappa shape index (κ1) is 15.5. The molecule has 0 aromatic heterocycles. The Morgan fingerprint density at radius 3 is 2.50 bits per heavy atom. The standard InChI is InChI=1S/C18H28FN/c1-18(2,3)14-10-9-13(12-20-4)16(11-14)15-7-5-6-8-17(15)19/h5-8,13-14,16,20H,9-12H2,1-4H3. The Labute approximate surface area is 123 Å². The van der Waals surface area contributed by atoms with E-state index in [1.807, 2.05) is 19.2 Å². The van der Waals surface area contributed by atoms with Gasteiger partial charge >= 0.3 is 0 Å². The number of rotatable bonds is 3. The molecule has 112 valence electrons. The smallest absolute Gasteiger partial charge is 0.126 e. The highest BCUT2D eigenvalue weighted by Gasteiger charge is 2.37. The maximum absolute atomic E-state index is 14.2. The van der Waals surface area contributed by atoms with E-state index in [0.29, 0.717) is 23.2 Å². The van der Waals surface area contributed by atoms with Gasteiger partial charge in [0.25, 0.3) is 0 Å². The highest BCUT2D eigenvalue weighted by molar-refractivity contribution is 5.23. The molecule has 0 radical (unpaired) electrons. The van der Waals surface area contributed by atoms with Crippen LogP contribution in [0.25, 0.3) is 0 Å². The predicted octanol–water partition coefficient (Wildman–Crippen LogP) is 4.59. The zero-order valence-electron chi connectivity index (χ0n) is 13.2. The lowest BCUT2D eigenvalue weighted by Gasteiger charge is -2.42. The van der Waals surface area contributed by atoms with Crippen LogP contribution in [0, 0.1) is 23.1 Å². The molecule has 0 bridgehead atoms. The monoisotopic (exact) mass is 277 g/mol. The van der Waals surface area contributed by atoms with Crippen molar-refractivity contribution in [3.05, 3.63) is 35.6 Å². The first-order valence-corrected chi connectivity index (χ1v) is 7.82. The molecule has 1 aliphatic rings. The van der Waals surface area contributed by atoms with Crippen molar-refractivity contribution in [3.8, 4) is 0 Å². The molecule has 0 amide bonds. The van der Waals surface area contributed by atoms with Crippen molar-refractivity contribution in [3.63, 3.8) is 0 Å². The lowest BCUT2D eigenvalue weighted by atomic mass is 9.64. The van der Waals surface area contributed by atoms with E-state index in [-0.39, 0.29) is 5.82 Å². The molecule has 0 heterocycles. The number of hydrogen-bond acceptors (Lipinski definition) is 1. The van der Waals surface area contributed by atoms with Gasteiger partial charge in [-0.1, -0.05) is 39.0 Å². The summed E-state index contributed by atoms with van der Waals surface area (Å²) in [6.07, 6.45) is 3.57. The summed E-state index contributed by atoms with van der Waals surface area (Å²) < 4.78 is 14.2. The third kappa shape index (κ3) is 3.41. The molecular formula is C18H28FN. The zero-order valence-corrected chi connectivity index (χ0v) is 13.2. The molecule has 2 rings (SSSR count). The van der Waals surface area contributed by atoms with Gasteiger partial charge in [-0.25, -0.2) is 4.39 Å². The predicted molar refractivity (Wildman–Crippen MR) is 83.4 cm³/mol. The van der Waals surface area contributed by atoms with Crippen molar-refractivity contribution >= 4 is 0 Å². The van der Waals surface area contributed by atoms with Crippen molar-refractivity contribution in [1.82, 2.24) is 5.32 Å². The summed E-state index contributed by atoms with van der Waals surface area (Å²) in [7, 11) is 1.99. The maximum atomic E-state index is 14.2. The molecule has 3 atom stereocenters. The first-order valence-electron chi connectivity index (χ1n) is 7.82. The lowest BCUT2D eigenvalue weighted by Crippen LogP contribution is -2.35. The Hall–Kier alpha value is -0.890. The molecule has 1 nitrogen and oxygen atoms in total. The van der Waals surface area contributed by atoms with Crippen molar-refractivity contribution in [2.45, 2.75) is 46.0 Å². The fraction of sp³-hybridized carbons (Fsp3) is 0.667. The number of benzene rings is 1. The molecule has 1 aliphatic carbocycles. The SMILES string of the molecule is CNCC1CCC(C(C)(C)C)CC1c1ccccc1F. The zero-order chi connectivity index (χ0) is 14.8. The van der Waals surface area contributed by atoms with E-state index in [1.54, 1.807) is 12.1 Å². The number of halogens is 1. The highest BCUT2D eigenvalue weighted by atomic mass is 19.1. The van der Waals surface area contributed by atoms with Crippen LogP contribution >= 0.6 is 0 Å². The largest absolute Gasteiger partial charge is 0.319 e. The van der Waals surface area contributed by atoms with Gasteiger partial charge in [-0.05, 0) is 67.7 Å². The molecule has 20 heavy (non-hydrogen) atoms. The van der Waals surface area contributed by atoms with Gasteiger partial charge < -0.3 is 5.32 Å². The van der Waals surface area contributed by atoms with E-state index in [4.69, 9.17) is 0 Å².